The summed E-state index contributed by atoms with van der Waals surface area (Å²) in [5.74, 6) is 0. The third-order valence-electron chi connectivity index (χ3n) is 3.73. The molecule has 0 aliphatic carbocycles. The summed E-state index contributed by atoms with van der Waals surface area (Å²) < 4.78 is 3.69. The molecule has 1 aliphatic heterocycles. The first kappa shape index (κ1) is 17.7. The number of halogens is 4. The van der Waals surface area contributed by atoms with Gasteiger partial charge in [0.05, 0.1) is 6.04 Å². The fourth-order valence-corrected chi connectivity index (χ4v) is 3.25. The summed E-state index contributed by atoms with van der Waals surface area (Å²) in [6.45, 7) is 0.518. The molecule has 126 valence electrons. The van der Waals surface area contributed by atoms with Crippen molar-refractivity contribution >= 4 is 52.5 Å². The summed E-state index contributed by atoms with van der Waals surface area (Å²) in [6, 6.07) is 16.2. The topological polar surface area (TPSA) is 29.3 Å². The zero-order valence-corrected chi connectivity index (χ0v) is 15.4. The van der Waals surface area contributed by atoms with Gasteiger partial charge in [-0.05, 0) is 17.2 Å². The van der Waals surface area contributed by atoms with E-state index in [4.69, 9.17) is 51.1 Å². The minimum absolute atomic E-state index is 0.113. The molecular weight excluding hydrogens is 392 g/mol. The van der Waals surface area contributed by atoms with Gasteiger partial charge in [-0.15, -0.1) is 0 Å². The van der Waals surface area contributed by atoms with Crippen LogP contribution in [-0.4, -0.2) is 21.3 Å². The third-order valence-corrected chi connectivity index (χ3v) is 4.67. The maximum absolute atomic E-state index is 12.4. The lowest BCUT2D eigenvalue weighted by atomic mass is 10.1. The Morgan fingerprint density at radius 2 is 1.71 bits per heavy atom. The molecule has 2 aromatic carbocycles. The van der Waals surface area contributed by atoms with Crippen LogP contribution in [0.2, 0.25) is 5.02 Å². The average molecular weight is 405 g/mol. The number of carbonyl (C=O) groups is 1. The molecule has 0 spiro atoms. The highest BCUT2D eigenvalue weighted by molar-refractivity contribution is 6.68. The van der Waals surface area contributed by atoms with Gasteiger partial charge in [-0.1, -0.05) is 94.9 Å². The number of ether oxygens (including phenoxy) is 1. The van der Waals surface area contributed by atoms with Crippen molar-refractivity contribution in [2.75, 3.05) is 6.54 Å². The summed E-state index contributed by atoms with van der Waals surface area (Å²) in [5.41, 5.74) is 1.49. The van der Waals surface area contributed by atoms with Crippen molar-refractivity contribution in [3.05, 3.63) is 70.7 Å². The second-order valence-corrected chi connectivity index (χ2v) is 8.18. The van der Waals surface area contributed by atoms with Gasteiger partial charge in [0.15, 0.2) is 6.10 Å². The Balaban J connectivity index is 1.73. The minimum Gasteiger partial charge on any atom is -0.437 e. The molecule has 0 N–H and O–H groups in total. The second-order valence-electron chi connectivity index (χ2n) is 5.41. The van der Waals surface area contributed by atoms with Crippen molar-refractivity contribution in [2.24, 2.45) is 0 Å². The highest BCUT2D eigenvalue weighted by Gasteiger charge is 2.45. The molecule has 0 unspecified atom stereocenters. The van der Waals surface area contributed by atoms with Crippen LogP contribution in [0.3, 0.4) is 0 Å². The number of hydrogen-bond donors (Lipinski definition) is 0. The molecule has 0 radical (unpaired) electrons. The first-order chi connectivity index (χ1) is 11.4. The van der Waals surface area contributed by atoms with E-state index < -0.39 is 16.0 Å². The monoisotopic (exact) mass is 403 g/mol. The Morgan fingerprint density at radius 1 is 1.08 bits per heavy atom. The lowest BCUT2D eigenvalue weighted by Gasteiger charge is -2.25. The van der Waals surface area contributed by atoms with Gasteiger partial charge in [-0.2, -0.15) is 0 Å². The molecule has 0 saturated carbocycles. The molecule has 0 aromatic heterocycles. The number of hydrogen-bond acceptors (Lipinski definition) is 2. The lowest BCUT2D eigenvalue weighted by Crippen LogP contribution is -2.26. The van der Waals surface area contributed by atoms with Crippen molar-refractivity contribution in [3.63, 3.8) is 0 Å². The molecular formula is C17H13Cl4NO2. The molecule has 24 heavy (non-hydrogen) atoms. The highest BCUT2D eigenvalue weighted by atomic mass is 35.6. The van der Waals surface area contributed by atoms with E-state index in [1.165, 1.54) is 4.90 Å². The quantitative estimate of drug-likeness (QED) is 0.467. The van der Waals surface area contributed by atoms with Crippen LogP contribution in [0.5, 0.6) is 0 Å². The Morgan fingerprint density at radius 3 is 2.33 bits per heavy atom. The van der Waals surface area contributed by atoms with E-state index in [2.05, 4.69) is 0 Å². The smallest absolute Gasteiger partial charge is 0.411 e. The van der Waals surface area contributed by atoms with E-state index in [-0.39, 0.29) is 6.04 Å². The van der Waals surface area contributed by atoms with Crippen molar-refractivity contribution in [1.82, 2.24) is 4.90 Å². The van der Waals surface area contributed by atoms with Crippen LogP contribution >= 0.6 is 46.4 Å². The molecule has 1 heterocycles. The Bertz CT molecular complexity index is 733. The predicted molar refractivity (Wildman–Crippen MR) is 96.9 cm³/mol. The molecule has 2 atom stereocenters. The molecule has 1 saturated heterocycles. The van der Waals surface area contributed by atoms with Crippen LogP contribution in [0.25, 0.3) is 0 Å². The van der Waals surface area contributed by atoms with Gasteiger partial charge in [0.1, 0.15) is 0 Å². The van der Waals surface area contributed by atoms with Gasteiger partial charge in [-0.3, -0.25) is 4.90 Å². The van der Waals surface area contributed by atoms with Crippen LogP contribution in [-0.2, 0) is 4.74 Å². The van der Waals surface area contributed by atoms with E-state index >= 15 is 0 Å². The normalized spacial score (nSPS) is 18.2. The Kier molecular flexibility index (Phi) is 5.16. The van der Waals surface area contributed by atoms with E-state index in [9.17, 15) is 4.79 Å². The number of carbonyl (C=O) groups excluding carboxylic acids is 1. The zero-order chi connectivity index (χ0) is 17.3. The fourth-order valence-electron chi connectivity index (χ4n) is 2.47. The van der Waals surface area contributed by atoms with E-state index in [0.29, 0.717) is 17.1 Å². The van der Waals surface area contributed by atoms with Crippen LogP contribution < -0.4 is 0 Å². The minimum atomic E-state index is -1.77. The van der Waals surface area contributed by atoms with Gasteiger partial charge in [0, 0.05) is 11.6 Å². The standard InChI is InChI=1S/C17H13Cl4NO2/c18-13-9-5-4-8-12(13)14-10-22(14)16(23)24-15(17(19,20)21)11-6-2-1-3-7-11/h1-9,14-15H,10H2/t14-,15+,22?/m1/s1. The summed E-state index contributed by atoms with van der Waals surface area (Å²) in [5, 5.41) is 0.610. The summed E-state index contributed by atoms with van der Waals surface area (Å²) in [6.07, 6.45) is -1.54. The molecule has 0 bridgehead atoms. The van der Waals surface area contributed by atoms with Crippen LogP contribution in [0.4, 0.5) is 4.79 Å². The fraction of sp³-hybridized carbons (Fsp3) is 0.235. The summed E-state index contributed by atoms with van der Waals surface area (Å²) >= 11 is 24.1. The van der Waals surface area contributed by atoms with E-state index in [1.54, 1.807) is 30.3 Å². The second kappa shape index (κ2) is 7.01. The first-order valence-corrected chi connectivity index (χ1v) is 8.72. The van der Waals surface area contributed by atoms with Gasteiger partial charge >= 0.3 is 6.09 Å². The third kappa shape index (κ3) is 3.92. The Labute approximate surface area is 160 Å². The van der Waals surface area contributed by atoms with Crippen molar-refractivity contribution in [3.8, 4) is 0 Å². The summed E-state index contributed by atoms with van der Waals surface area (Å²) in [4.78, 5) is 14.0. The number of nitrogens with zero attached hydrogens (tertiary/aromatic N) is 1. The molecule has 1 aliphatic rings. The number of benzene rings is 2. The SMILES string of the molecule is O=C(O[C@@H](c1ccccc1)C(Cl)(Cl)Cl)N1C[C@@H]1c1ccccc1Cl. The van der Waals surface area contributed by atoms with E-state index in [0.717, 1.165) is 5.56 Å². The van der Waals surface area contributed by atoms with Crippen LogP contribution in [0.15, 0.2) is 54.6 Å². The Hall–Kier alpha value is -1.13. The first-order valence-electron chi connectivity index (χ1n) is 7.21. The summed E-state index contributed by atoms with van der Waals surface area (Å²) in [7, 11) is 0. The molecule has 3 rings (SSSR count). The highest BCUT2D eigenvalue weighted by Crippen LogP contribution is 2.45. The predicted octanol–water partition coefficient (Wildman–Crippen LogP) is 5.94. The average Bonchev–Trinajstić information content (AvgIpc) is 3.33. The van der Waals surface area contributed by atoms with Gasteiger partial charge < -0.3 is 4.74 Å². The molecule has 1 fully saturated rings. The number of rotatable bonds is 3. The molecule has 3 nitrogen and oxygen atoms in total. The van der Waals surface area contributed by atoms with Gasteiger partial charge in [0.2, 0.25) is 3.79 Å². The molecule has 7 heteroatoms. The lowest BCUT2D eigenvalue weighted by molar-refractivity contribution is 0.0842. The van der Waals surface area contributed by atoms with Crippen molar-refractivity contribution in [1.29, 1.82) is 0 Å². The van der Waals surface area contributed by atoms with Gasteiger partial charge in [0.25, 0.3) is 0 Å². The largest absolute Gasteiger partial charge is 0.437 e. The van der Waals surface area contributed by atoms with Crippen molar-refractivity contribution in [2.45, 2.75) is 15.9 Å². The van der Waals surface area contributed by atoms with Crippen LogP contribution in [0.1, 0.15) is 23.3 Å². The van der Waals surface area contributed by atoms with Crippen molar-refractivity contribution < 1.29 is 9.53 Å². The van der Waals surface area contributed by atoms with E-state index in [1.807, 2.05) is 24.3 Å². The molecule has 2 aromatic rings. The number of amides is 1. The zero-order valence-electron chi connectivity index (χ0n) is 12.3. The molecule has 1 amide bonds. The van der Waals surface area contributed by atoms with Gasteiger partial charge in [-0.25, -0.2) is 4.79 Å². The maximum atomic E-state index is 12.4. The maximum Gasteiger partial charge on any atom is 0.411 e. The van der Waals surface area contributed by atoms with Crippen LogP contribution in [0, 0.1) is 0 Å². The number of alkyl halides is 3.